The minimum Gasteiger partial charge on any atom is -0.357 e. The van der Waals surface area contributed by atoms with Crippen molar-refractivity contribution in [2.24, 2.45) is 4.99 Å². The minimum atomic E-state index is -0.183. The predicted octanol–water partition coefficient (Wildman–Crippen LogP) is 2.88. The van der Waals surface area contributed by atoms with Crippen molar-refractivity contribution >= 4 is 29.9 Å². The van der Waals surface area contributed by atoms with E-state index in [0.717, 1.165) is 57.2 Å². The summed E-state index contributed by atoms with van der Waals surface area (Å²) in [5.74, 6) is 0.642. The maximum atomic E-state index is 13.1. The molecular weight excluding hydrogens is 406 g/mol. The minimum absolute atomic E-state index is 0. The summed E-state index contributed by atoms with van der Waals surface area (Å²) in [6, 6.07) is 6.73. The molecule has 0 saturated carbocycles. The van der Waals surface area contributed by atoms with Crippen molar-refractivity contribution in [3.8, 4) is 0 Å². The highest BCUT2D eigenvalue weighted by atomic mass is 127. The van der Waals surface area contributed by atoms with Crippen LogP contribution in [0.1, 0.15) is 26.3 Å². The van der Waals surface area contributed by atoms with Crippen molar-refractivity contribution in [3.05, 3.63) is 35.6 Å². The summed E-state index contributed by atoms with van der Waals surface area (Å²) in [5, 5.41) is 6.53. The number of hydrogen-bond acceptors (Lipinski definition) is 2. The van der Waals surface area contributed by atoms with Crippen LogP contribution >= 0.6 is 24.0 Å². The van der Waals surface area contributed by atoms with Gasteiger partial charge in [-0.1, -0.05) is 26.0 Å². The van der Waals surface area contributed by atoms with Crippen LogP contribution in [-0.2, 0) is 6.42 Å². The summed E-state index contributed by atoms with van der Waals surface area (Å²) in [6.45, 7) is 11.8. The highest BCUT2D eigenvalue weighted by molar-refractivity contribution is 14.0. The Bertz CT molecular complexity index is 450. The van der Waals surface area contributed by atoms with Crippen LogP contribution in [0.4, 0.5) is 4.39 Å². The first-order valence-corrected chi connectivity index (χ1v) is 8.18. The number of guanidine groups is 1. The van der Waals surface area contributed by atoms with Gasteiger partial charge in [-0.3, -0.25) is 4.99 Å². The van der Waals surface area contributed by atoms with E-state index >= 15 is 0 Å². The van der Waals surface area contributed by atoms with Gasteiger partial charge in [-0.2, -0.15) is 0 Å². The number of aliphatic imine (C=N–C) groups is 1. The lowest BCUT2D eigenvalue weighted by atomic mass is 10.1. The highest BCUT2D eigenvalue weighted by Crippen LogP contribution is 2.03. The lowest BCUT2D eigenvalue weighted by molar-refractivity contribution is 0.313. The van der Waals surface area contributed by atoms with Crippen molar-refractivity contribution in [2.45, 2.75) is 27.2 Å². The first-order chi connectivity index (χ1) is 10.7. The standard InChI is InChI=1S/C17H29FN4.HI/c1-4-19-17(21-12-13-22(5-2)6-3)20-11-10-15-8-7-9-16(18)14-15;/h7-9,14H,4-6,10-13H2,1-3H3,(H2,19,20,21);1H. The van der Waals surface area contributed by atoms with Gasteiger partial charge in [-0.05, 0) is 44.1 Å². The molecule has 1 aromatic carbocycles. The Morgan fingerprint density at radius 2 is 1.91 bits per heavy atom. The predicted molar refractivity (Wildman–Crippen MR) is 107 cm³/mol. The van der Waals surface area contributed by atoms with Crippen LogP contribution < -0.4 is 10.6 Å². The van der Waals surface area contributed by atoms with Crippen LogP contribution in [0.2, 0.25) is 0 Å². The molecule has 0 aromatic heterocycles. The molecular formula is C17H30FIN4. The van der Waals surface area contributed by atoms with Gasteiger partial charge in [-0.15, -0.1) is 24.0 Å². The van der Waals surface area contributed by atoms with Crippen molar-refractivity contribution in [1.29, 1.82) is 0 Å². The number of hydrogen-bond donors (Lipinski definition) is 2. The fourth-order valence-corrected chi connectivity index (χ4v) is 2.20. The van der Waals surface area contributed by atoms with Gasteiger partial charge in [-0.25, -0.2) is 4.39 Å². The topological polar surface area (TPSA) is 39.7 Å². The molecule has 23 heavy (non-hydrogen) atoms. The fourth-order valence-electron chi connectivity index (χ4n) is 2.20. The van der Waals surface area contributed by atoms with Crippen LogP contribution in [0.25, 0.3) is 0 Å². The lowest BCUT2D eigenvalue weighted by Gasteiger charge is -2.17. The van der Waals surface area contributed by atoms with Gasteiger partial charge in [0.1, 0.15) is 5.82 Å². The molecule has 0 unspecified atom stereocenters. The Morgan fingerprint density at radius 1 is 1.17 bits per heavy atom. The molecule has 132 valence electrons. The summed E-state index contributed by atoms with van der Waals surface area (Å²) >= 11 is 0. The van der Waals surface area contributed by atoms with Gasteiger partial charge in [0.25, 0.3) is 0 Å². The van der Waals surface area contributed by atoms with Gasteiger partial charge in [0.15, 0.2) is 5.96 Å². The second-order valence-corrected chi connectivity index (χ2v) is 5.09. The largest absolute Gasteiger partial charge is 0.357 e. The molecule has 0 atom stereocenters. The number of nitrogens with one attached hydrogen (secondary N) is 2. The number of rotatable bonds is 9. The maximum absolute atomic E-state index is 13.1. The van der Waals surface area contributed by atoms with E-state index in [9.17, 15) is 4.39 Å². The Balaban J connectivity index is 0.00000484. The summed E-state index contributed by atoms with van der Waals surface area (Å²) in [4.78, 5) is 6.92. The SMILES string of the molecule is CCNC(=NCCN(CC)CC)NCCc1cccc(F)c1.I. The molecule has 1 rings (SSSR count). The molecule has 0 heterocycles. The van der Waals surface area contributed by atoms with Gasteiger partial charge >= 0.3 is 0 Å². The fraction of sp³-hybridized carbons (Fsp3) is 0.588. The van der Waals surface area contributed by atoms with E-state index in [0.29, 0.717) is 0 Å². The summed E-state index contributed by atoms with van der Waals surface area (Å²) < 4.78 is 13.1. The molecule has 0 aliphatic heterocycles. The molecule has 0 aliphatic carbocycles. The zero-order valence-electron chi connectivity index (χ0n) is 14.4. The van der Waals surface area contributed by atoms with Crippen LogP contribution in [-0.4, -0.2) is 50.1 Å². The molecule has 1 aromatic rings. The highest BCUT2D eigenvalue weighted by Gasteiger charge is 2.00. The zero-order chi connectivity index (χ0) is 16.2. The maximum Gasteiger partial charge on any atom is 0.191 e. The average Bonchev–Trinajstić information content (AvgIpc) is 2.51. The van der Waals surface area contributed by atoms with E-state index in [1.54, 1.807) is 12.1 Å². The summed E-state index contributed by atoms with van der Waals surface area (Å²) in [5.41, 5.74) is 0.992. The van der Waals surface area contributed by atoms with Crippen molar-refractivity contribution in [2.75, 3.05) is 39.3 Å². The Labute approximate surface area is 157 Å². The van der Waals surface area contributed by atoms with Crippen LogP contribution in [0, 0.1) is 5.82 Å². The number of nitrogens with zero attached hydrogens (tertiary/aromatic N) is 2. The molecule has 0 spiro atoms. The smallest absolute Gasteiger partial charge is 0.191 e. The lowest BCUT2D eigenvalue weighted by Crippen LogP contribution is -2.39. The normalized spacial score (nSPS) is 11.3. The number of benzene rings is 1. The van der Waals surface area contributed by atoms with Crippen molar-refractivity contribution in [3.63, 3.8) is 0 Å². The van der Waals surface area contributed by atoms with Gasteiger partial charge < -0.3 is 15.5 Å². The molecule has 6 heteroatoms. The van der Waals surface area contributed by atoms with Crippen LogP contribution in [0.5, 0.6) is 0 Å². The third-order valence-electron chi connectivity index (χ3n) is 3.52. The molecule has 0 bridgehead atoms. The molecule has 0 aliphatic rings. The third-order valence-corrected chi connectivity index (χ3v) is 3.52. The quantitative estimate of drug-likeness (QED) is 0.355. The Hall–Kier alpha value is -0.890. The van der Waals surface area contributed by atoms with E-state index in [2.05, 4.69) is 34.4 Å². The van der Waals surface area contributed by atoms with E-state index in [1.165, 1.54) is 6.07 Å². The molecule has 0 saturated heterocycles. The van der Waals surface area contributed by atoms with E-state index < -0.39 is 0 Å². The van der Waals surface area contributed by atoms with E-state index in [-0.39, 0.29) is 29.8 Å². The molecule has 0 radical (unpaired) electrons. The first-order valence-electron chi connectivity index (χ1n) is 8.18. The zero-order valence-corrected chi connectivity index (χ0v) is 16.8. The molecule has 4 nitrogen and oxygen atoms in total. The monoisotopic (exact) mass is 436 g/mol. The summed E-state index contributed by atoms with van der Waals surface area (Å²) in [7, 11) is 0. The van der Waals surface area contributed by atoms with Crippen molar-refractivity contribution in [1.82, 2.24) is 15.5 Å². The Morgan fingerprint density at radius 3 is 2.52 bits per heavy atom. The summed E-state index contributed by atoms with van der Waals surface area (Å²) in [6.07, 6.45) is 0.776. The second kappa shape index (κ2) is 13.5. The molecule has 0 amide bonds. The van der Waals surface area contributed by atoms with Crippen LogP contribution in [0.15, 0.2) is 29.3 Å². The van der Waals surface area contributed by atoms with E-state index in [1.807, 2.05) is 13.0 Å². The third kappa shape index (κ3) is 9.76. The molecule has 2 N–H and O–H groups in total. The van der Waals surface area contributed by atoms with Crippen molar-refractivity contribution < 1.29 is 4.39 Å². The average molecular weight is 436 g/mol. The second-order valence-electron chi connectivity index (χ2n) is 5.09. The van der Waals surface area contributed by atoms with Gasteiger partial charge in [0.05, 0.1) is 6.54 Å². The number of likely N-dealkylation sites (N-methyl/N-ethyl adjacent to an activating group) is 1. The Kier molecular flexibility index (Phi) is 13.0. The van der Waals surface area contributed by atoms with Gasteiger partial charge in [0.2, 0.25) is 0 Å². The molecule has 0 fully saturated rings. The number of halogens is 2. The van der Waals surface area contributed by atoms with Crippen LogP contribution in [0.3, 0.4) is 0 Å². The first kappa shape index (κ1) is 22.1. The van der Waals surface area contributed by atoms with E-state index in [4.69, 9.17) is 0 Å². The van der Waals surface area contributed by atoms with Gasteiger partial charge in [0, 0.05) is 19.6 Å².